The molecule has 0 aromatic carbocycles. The fraction of sp³-hybridized carbons (Fsp3) is 0.450. The van der Waals surface area contributed by atoms with Crippen LogP contribution in [0.4, 0.5) is 0 Å². The molecular weight excluding hydrogens is 356 g/mol. The molecule has 4 heterocycles. The number of aromatic nitrogens is 5. The van der Waals surface area contributed by atoms with Gasteiger partial charge in [0.1, 0.15) is 17.8 Å². The Hall–Kier alpha value is -3.03. The molecule has 3 aromatic heterocycles. The van der Waals surface area contributed by atoms with Gasteiger partial charge in [-0.05, 0) is 45.1 Å². The summed E-state index contributed by atoms with van der Waals surface area (Å²) in [6.45, 7) is 5.30. The van der Waals surface area contributed by atoms with E-state index in [1.807, 2.05) is 31.9 Å². The average Bonchev–Trinajstić information content (AvgIpc) is 3.27. The summed E-state index contributed by atoms with van der Waals surface area (Å²) in [5.41, 5.74) is 4.07. The van der Waals surface area contributed by atoms with Gasteiger partial charge in [0.25, 0.3) is 5.91 Å². The molecule has 1 amide bonds. The molecule has 8 heteroatoms. The van der Waals surface area contributed by atoms with Crippen molar-refractivity contribution >= 4 is 5.91 Å². The second-order valence-electron chi connectivity index (χ2n) is 7.48. The van der Waals surface area contributed by atoms with Gasteiger partial charge >= 0.3 is 0 Å². The second kappa shape index (κ2) is 7.53. The summed E-state index contributed by atoms with van der Waals surface area (Å²) in [6.07, 6.45) is 7.90. The Labute approximate surface area is 163 Å². The van der Waals surface area contributed by atoms with Crippen LogP contribution in [-0.4, -0.2) is 48.6 Å². The Morgan fingerprint density at radius 1 is 1.29 bits per heavy atom. The molecule has 0 bridgehead atoms. The topological polar surface area (TPSA) is 89.9 Å². The quantitative estimate of drug-likeness (QED) is 0.691. The van der Waals surface area contributed by atoms with Crippen LogP contribution in [-0.2, 0) is 13.5 Å². The first-order valence-electron chi connectivity index (χ1n) is 9.52. The van der Waals surface area contributed by atoms with Crippen molar-refractivity contribution in [1.82, 2.24) is 29.6 Å². The first-order chi connectivity index (χ1) is 13.5. The lowest BCUT2D eigenvalue weighted by Gasteiger charge is -2.32. The number of amides is 1. The molecule has 0 radical (unpaired) electrons. The van der Waals surface area contributed by atoms with Crippen LogP contribution in [0.1, 0.15) is 40.5 Å². The summed E-state index contributed by atoms with van der Waals surface area (Å²) < 4.78 is 7.06. The van der Waals surface area contributed by atoms with Crippen molar-refractivity contribution in [2.45, 2.75) is 33.1 Å². The van der Waals surface area contributed by atoms with Crippen molar-refractivity contribution in [3.63, 3.8) is 0 Å². The first-order valence-corrected chi connectivity index (χ1v) is 9.52. The fourth-order valence-corrected chi connectivity index (χ4v) is 3.89. The summed E-state index contributed by atoms with van der Waals surface area (Å²) in [6, 6.07) is 2.01. The second-order valence-corrected chi connectivity index (χ2v) is 7.48. The monoisotopic (exact) mass is 380 g/mol. The highest BCUT2D eigenvalue weighted by atomic mass is 16.5. The van der Waals surface area contributed by atoms with E-state index in [1.165, 1.54) is 0 Å². The smallest absolute Gasteiger partial charge is 0.274 e. The zero-order valence-corrected chi connectivity index (χ0v) is 16.4. The van der Waals surface area contributed by atoms with Crippen molar-refractivity contribution in [3.8, 4) is 11.3 Å². The normalized spacial score (nSPS) is 17.1. The number of rotatable bonds is 4. The van der Waals surface area contributed by atoms with Crippen LogP contribution in [0.2, 0.25) is 0 Å². The van der Waals surface area contributed by atoms with Gasteiger partial charge in [0.15, 0.2) is 0 Å². The van der Waals surface area contributed by atoms with Gasteiger partial charge in [-0.25, -0.2) is 15.0 Å². The molecule has 3 aromatic rings. The van der Waals surface area contributed by atoms with Crippen LogP contribution in [0.25, 0.3) is 11.3 Å². The SMILES string of the molecule is Cc1noc(C)c1-c1cc(C[C@H]2CCCN(C(=O)c3cn(C)cn3)C2)ncn1. The maximum Gasteiger partial charge on any atom is 0.274 e. The molecule has 0 N–H and O–H groups in total. The number of hydrogen-bond acceptors (Lipinski definition) is 6. The van der Waals surface area contributed by atoms with E-state index in [-0.39, 0.29) is 5.91 Å². The number of carbonyl (C=O) groups excluding carboxylic acids is 1. The molecular formula is C20H24N6O2. The van der Waals surface area contributed by atoms with E-state index in [0.29, 0.717) is 11.6 Å². The maximum absolute atomic E-state index is 12.7. The summed E-state index contributed by atoms with van der Waals surface area (Å²) in [5.74, 6) is 1.13. The van der Waals surface area contributed by atoms with Crippen LogP contribution >= 0.6 is 0 Å². The minimum absolute atomic E-state index is 0.00407. The standard InChI is InChI=1S/C20H24N6O2/c1-13-19(14(2)28-24-13)17-8-16(21-11-22-17)7-15-5-4-6-26(9-15)20(27)18-10-25(3)12-23-18/h8,10-12,15H,4-7,9H2,1-3H3/t15-/m1/s1. The third-order valence-corrected chi connectivity index (χ3v) is 5.24. The Bertz CT molecular complexity index is 973. The molecule has 4 rings (SSSR count). The predicted octanol–water partition coefficient (Wildman–Crippen LogP) is 2.58. The average molecular weight is 380 g/mol. The van der Waals surface area contributed by atoms with E-state index in [4.69, 9.17) is 4.52 Å². The van der Waals surface area contributed by atoms with Crippen LogP contribution in [0.3, 0.4) is 0 Å². The summed E-state index contributed by atoms with van der Waals surface area (Å²) in [7, 11) is 1.87. The largest absolute Gasteiger partial charge is 0.361 e. The van der Waals surface area contributed by atoms with Gasteiger partial charge in [-0.2, -0.15) is 0 Å². The van der Waals surface area contributed by atoms with Crippen molar-refractivity contribution in [2.75, 3.05) is 13.1 Å². The first kappa shape index (κ1) is 18.3. The Kier molecular flexibility index (Phi) is 4.93. The lowest BCUT2D eigenvalue weighted by atomic mass is 9.92. The molecule has 8 nitrogen and oxygen atoms in total. The van der Waals surface area contributed by atoms with Gasteiger partial charge in [-0.1, -0.05) is 5.16 Å². The van der Waals surface area contributed by atoms with Crippen LogP contribution in [0.5, 0.6) is 0 Å². The molecule has 0 saturated carbocycles. The molecule has 0 unspecified atom stereocenters. The molecule has 1 atom stereocenters. The molecule has 28 heavy (non-hydrogen) atoms. The zero-order valence-electron chi connectivity index (χ0n) is 16.4. The highest BCUT2D eigenvalue weighted by molar-refractivity contribution is 5.92. The molecule has 1 aliphatic heterocycles. The molecule has 1 saturated heterocycles. The number of piperidine rings is 1. The van der Waals surface area contributed by atoms with E-state index >= 15 is 0 Å². The summed E-state index contributed by atoms with van der Waals surface area (Å²) in [4.78, 5) is 27.7. The van der Waals surface area contributed by atoms with Crippen LogP contribution in [0, 0.1) is 19.8 Å². The number of imidazole rings is 1. The number of carbonyl (C=O) groups is 1. The highest BCUT2D eigenvalue weighted by Gasteiger charge is 2.26. The van der Waals surface area contributed by atoms with E-state index < -0.39 is 0 Å². The Balaban J connectivity index is 1.47. The molecule has 0 aliphatic carbocycles. The highest BCUT2D eigenvalue weighted by Crippen LogP contribution is 2.27. The Morgan fingerprint density at radius 3 is 2.86 bits per heavy atom. The third kappa shape index (κ3) is 3.67. The zero-order chi connectivity index (χ0) is 19.7. The lowest BCUT2D eigenvalue weighted by Crippen LogP contribution is -2.40. The van der Waals surface area contributed by atoms with Gasteiger partial charge in [-0.15, -0.1) is 0 Å². The molecule has 146 valence electrons. The van der Waals surface area contributed by atoms with E-state index in [0.717, 1.165) is 60.8 Å². The number of likely N-dealkylation sites (tertiary alicyclic amines) is 1. The minimum atomic E-state index is 0.00407. The van der Waals surface area contributed by atoms with E-state index in [2.05, 4.69) is 20.1 Å². The van der Waals surface area contributed by atoms with Gasteiger partial charge in [0.05, 0.1) is 23.3 Å². The van der Waals surface area contributed by atoms with E-state index in [1.54, 1.807) is 23.4 Å². The lowest BCUT2D eigenvalue weighted by molar-refractivity contribution is 0.0667. The molecule has 1 aliphatic rings. The van der Waals surface area contributed by atoms with Gasteiger partial charge in [-0.3, -0.25) is 4.79 Å². The van der Waals surface area contributed by atoms with Crippen molar-refractivity contribution < 1.29 is 9.32 Å². The van der Waals surface area contributed by atoms with Crippen molar-refractivity contribution in [1.29, 1.82) is 0 Å². The number of aryl methyl sites for hydroxylation is 3. The van der Waals surface area contributed by atoms with Crippen molar-refractivity contribution in [2.24, 2.45) is 13.0 Å². The van der Waals surface area contributed by atoms with Crippen LogP contribution in [0.15, 0.2) is 29.4 Å². The van der Waals surface area contributed by atoms with Crippen LogP contribution < -0.4 is 0 Å². The van der Waals surface area contributed by atoms with Crippen molar-refractivity contribution in [3.05, 3.63) is 47.8 Å². The number of hydrogen-bond donors (Lipinski definition) is 0. The third-order valence-electron chi connectivity index (χ3n) is 5.24. The Morgan fingerprint density at radius 2 is 2.14 bits per heavy atom. The minimum Gasteiger partial charge on any atom is -0.361 e. The maximum atomic E-state index is 12.7. The molecule has 0 spiro atoms. The van der Waals surface area contributed by atoms with Gasteiger partial charge in [0, 0.05) is 32.0 Å². The number of nitrogens with zero attached hydrogens (tertiary/aromatic N) is 6. The van der Waals surface area contributed by atoms with Gasteiger partial charge < -0.3 is 14.0 Å². The summed E-state index contributed by atoms with van der Waals surface area (Å²) >= 11 is 0. The molecule has 1 fully saturated rings. The van der Waals surface area contributed by atoms with Gasteiger partial charge in [0.2, 0.25) is 0 Å². The fourth-order valence-electron chi connectivity index (χ4n) is 3.89. The predicted molar refractivity (Wildman–Crippen MR) is 103 cm³/mol. The summed E-state index contributed by atoms with van der Waals surface area (Å²) in [5, 5.41) is 4.01. The van der Waals surface area contributed by atoms with E-state index in [9.17, 15) is 4.79 Å².